The van der Waals surface area contributed by atoms with Gasteiger partial charge in [-0.1, -0.05) is 0 Å². The molecule has 2 rings (SSSR count). The van der Waals surface area contributed by atoms with Crippen LogP contribution in [0.4, 0.5) is 0 Å². The van der Waals surface area contributed by atoms with Gasteiger partial charge in [-0.2, -0.15) is 0 Å². The van der Waals surface area contributed by atoms with Crippen molar-refractivity contribution in [1.29, 1.82) is 0 Å². The summed E-state index contributed by atoms with van der Waals surface area (Å²) in [5.41, 5.74) is 0.571. The first-order valence-electron chi connectivity index (χ1n) is 4.26. The molecule has 0 aliphatic rings. The first-order valence-corrected chi connectivity index (χ1v) is 4.26. The minimum Gasteiger partial charge on any atom is -0.385 e. The number of aliphatic hydroxyl groups excluding tert-OH is 1. The van der Waals surface area contributed by atoms with Gasteiger partial charge in [0.05, 0.1) is 24.8 Å². The first kappa shape index (κ1) is 8.83. The van der Waals surface area contributed by atoms with Crippen molar-refractivity contribution in [3.63, 3.8) is 0 Å². The van der Waals surface area contributed by atoms with E-state index in [0.717, 1.165) is 0 Å². The van der Waals surface area contributed by atoms with Gasteiger partial charge in [0.1, 0.15) is 6.10 Å². The second-order valence-corrected chi connectivity index (χ2v) is 2.91. The van der Waals surface area contributed by atoms with Crippen molar-refractivity contribution in [3.8, 4) is 0 Å². The van der Waals surface area contributed by atoms with Crippen LogP contribution < -0.4 is 0 Å². The normalized spacial score (nSPS) is 12.6. The van der Waals surface area contributed by atoms with Gasteiger partial charge in [0.2, 0.25) is 0 Å². The Kier molecular flexibility index (Phi) is 2.51. The number of aromatic nitrogens is 4. The van der Waals surface area contributed by atoms with E-state index in [-0.39, 0.29) is 0 Å². The van der Waals surface area contributed by atoms with Crippen molar-refractivity contribution in [3.05, 3.63) is 43.0 Å². The van der Waals surface area contributed by atoms with Crippen molar-refractivity contribution >= 4 is 0 Å². The van der Waals surface area contributed by atoms with E-state index in [0.29, 0.717) is 12.2 Å². The van der Waals surface area contributed by atoms with Crippen LogP contribution in [-0.2, 0) is 6.54 Å². The van der Waals surface area contributed by atoms with Gasteiger partial charge in [-0.05, 0) is 0 Å². The van der Waals surface area contributed by atoms with Crippen molar-refractivity contribution in [2.45, 2.75) is 12.6 Å². The highest BCUT2D eigenvalue weighted by Crippen LogP contribution is 2.09. The van der Waals surface area contributed by atoms with Gasteiger partial charge in [0.15, 0.2) is 0 Å². The maximum absolute atomic E-state index is 9.74. The topological polar surface area (TPSA) is 63.8 Å². The van der Waals surface area contributed by atoms with Crippen LogP contribution in [0.1, 0.15) is 11.8 Å². The van der Waals surface area contributed by atoms with Crippen LogP contribution in [0.25, 0.3) is 0 Å². The Morgan fingerprint density at radius 2 is 2.21 bits per heavy atom. The van der Waals surface area contributed by atoms with E-state index in [1.165, 1.54) is 0 Å². The molecule has 2 heterocycles. The van der Waals surface area contributed by atoms with Crippen LogP contribution in [0.3, 0.4) is 0 Å². The monoisotopic (exact) mass is 190 g/mol. The zero-order valence-electron chi connectivity index (χ0n) is 7.48. The molecule has 5 heteroatoms. The van der Waals surface area contributed by atoms with E-state index in [2.05, 4.69) is 15.0 Å². The summed E-state index contributed by atoms with van der Waals surface area (Å²) in [5, 5.41) is 9.74. The lowest BCUT2D eigenvalue weighted by Gasteiger charge is -2.09. The molecule has 0 aliphatic carbocycles. The molecule has 0 radical (unpaired) electrons. The predicted octanol–water partition coefficient (Wildman–Crippen LogP) is 0.407. The third-order valence-electron chi connectivity index (χ3n) is 1.87. The molecule has 1 atom stereocenters. The van der Waals surface area contributed by atoms with Gasteiger partial charge in [0.25, 0.3) is 0 Å². The predicted molar refractivity (Wildman–Crippen MR) is 49.2 cm³/mol. The molecule has 0 aromatic carbocycles. The van der Waals surface area contributed by atoms with Crippen LogP contribution in [0, 0.1) is 0 Å². The van der Waals surface area contributed by atoms with E-state index in [4.69, 9.17) is 0 Å². The van der Waals surface area contributed by atoms with Gasteiger partial charge in [-0.25, -0.2) is 4.98 Å². The fraction of sp³-hybridized carbons (Fsp3) is 0.222. The van der Waals surface area contributed by atoms with E-state index < -0.39 is 6.10 Å². The number of hydrogen-bond acceptors (Lipinski definition) is 4. The average Bonchev–Trinajstić information content (AvgIpc) is 2.72. The fourth-order valence-electron chi connectivity index (χ4n) is 1.17. The average molecular weight is 190 g/mol. The summed E-state index contributed by atoms with van der Waals surface area (Å²) < 4.78 is 1.79. The Morgan fingerprint density at radius 3 is 2.86 bits per heavy atom. The highest BCUT2D eigenvalue weighted by Gasteiger charge is 2.08. The van der Waals surface area contributed by atoms with E-state index in [1.54, 1.807) is 41.9 Å². The number of hydrogen-bond donors (Lipinski definition) is 1. The molecule has 0 saturated heterocycles. The minimum atomic E-state index is -0.641. The third kappa shape index (κ3) is 1.94. The summed E-state index contributed by atoms with van der Waals surface area (Å²) in [7, 11) is 0. The summed E-state index contributed by atoms with van der Waals surface area (Å²) >= 11 is 0. The lowest BCUT2D eigenvalue weighted by atomic mass is 10.2. The van der Waals surface area contributed by atoms with E-state index in [9.17, 15) is 5.11 Å². The number of nitrogens with zero attached hydrogens (tertiary/aromatic N) is 4. The van der Waals surface area contributed by atoms with Crippen molar-refractivity contribution in [2.75, 3.05) is 0 Å². The number of rotatable bonds is 3. The molecule has 1 unspecified atom stereocenters. The molecule has 5 nitrogen and oxygen atoms in total. The van der Waals surface area contributed by atoms with Gasteiger partial charge in [-0.15, -0.1) is 0 Å². The highest BCUT2D eigenvalue weighted by molar-refractivity contribution is 4.99. The van der Waals surface area contributed by atoms with Crippen molar-refractivity contribution in [2.24, 2.45) is 0 Å². The summed E-state index contributed by atoms with van der Waals surface area (Å²) in [6.45, 7) is 0.443. The Hall–Kier alpha value is -1.75. The number of imidazole rings is 1. The molecule has 0 bridgehead atoms. The molecular weight excluding hydrogens is 180 g/mol. The fourth-order valence-corrected chi connectivity index (χ4v) is 1.17. The van der Waals surface area contributed by atoms with Crippen molar-refractivity contribution in [1.82, 2.24) is 19.5 Å². The molecule has 0 fully saturated rings. The molecular formula is C9H10N4O. The lowest BCUT2D eigenvalue weighted by molar-refractivity contribution is 0.151. The minimum absolute atomic E-state index is 0.443. The van der Waals surface area contributed by atoms with Gasteiger partial charge in [-0.3, -0.25) is 9.97 Å². The van der Waals surface area contributed by atoms with Crippen LogP contribution in [-0.4, -0.2) is 24.6 Å². The quantitative estimate of drug-likeness (QED) is 0.761. The van der Waals surface area contributed by atoms with Gasteiger partial charge in [0, 0.05) is 24.8 Å². The molecule has 0 saturated carbocycles. The maximum Gasteiger partial charge on any atom is 0.115 e. The number of aliphatic hydroxyl groups is 1. The molecule has 1 N–H and O–H groups in total. The summed E-state index contributed by atoms with van der Waals surface area (Å²) in [4.78, 5) is 11.8. The Balaban J connectivity index is 2.07. The van der Waals surface area contributed by atoms with Gasteiger partial charge < -0.3 is 9.67 Å². The summed E-state index contributed by atoms with van der Waals surface area (Å²) in [6, 6.07) is 0. The molecule has 2 aromatic heterocycles. The largest absolute Gasteiger partial charge is 0.385 e. The summed E-state index contributed by atoms with van der Waals surface area (Å²) in [6.07, 6.45) is 9.17. The van der Waals surface area contributed by atoms with E-state index in [1.807, 2.05) is 0 Å². The van der Waals surface area contributed by atoms with Gasteiger partial charge >= 0.3 is 0 Å². The van der Waals surface area contributed by atoms with Crippen LogP contribution in [0.15, 0.2) is 37.3 Å². The standard InChI is InChI=1S/C9H10N4O/c14-9(6-13-4-3-11-7-13)8-5-10-1-2-12-8/h1-5,7,9,14H,6H2. The molecule has 2 aromatic rings. The van der Waals surface area contributed by atoms with Crippen molar-refractivity contribution < 1.29 is 5.11 Å². The molecule has 0 amide bonds. The Labute approximate surface area is 81.1 Å². The first-order chi connectivity index (χ1) is 6.86. The highest BCUT2D eigenvalue weighted by atomic mass is 16.3. The lowest BCUT2D eigenvalue weighted by Crippen LogP contribution is -2.08. The smallest absolute Gasteiger partial charge is 0.115 e. The van der Waals surface area contributed by atoms with E-state index >= 15 is 0 Å². The van der Waals surface area contributed by atoms with Crippen LogP contribution in [0.2, 0.25) is 0 Å². The Morgan fingerprint density at radius 1 is 1.29 bits per heavy atom. The zero-order valence-corrected chi connectivity index (χ0v) is 7.48. The molecule has 0 spiro atoms. The third-order valence-corrected chi connectivity index (χ3v) is 1.87. The maximum atomic E-state index is 9.74. The van der Waals surface area contributed by atoms with Crippen LogP contribution in [0.5, 0.6) is 0 Å². The second kappa shape index (κ2) is 3.97. The Bertz CT molecular complexity index is 373. The second-order valence-electron chi connectivity index (χ2n) is 2.91. The zero-order chi connectivity index (χ0) is 9.80. The van der Waals surface area contributed by atoms with Crippen LogP contribution >= 0.6 is 0 Å². The molecule has 0 aliphatic heterocycles. The summed E-state index contributed by atoms with van der Waals surface area (Å²) in [5.74, 6) is 0. The molecule has 72 valence electrons. The molecule has 14 heavy (non-hydrogen) atoms. The SMILES string of the molecule is OC(Cn1ccnc1)c1cnccn1.